The summed E-state index contributed by atoms with van der Waals surface area (Å²) in [6.07, 6.45) is 1.74. The lowest BCUT2D eigenvalue weighted by molar-refractivity contribution is 0.332. The third kappa shape index (κ3) is 1.85. The number of pyridine rings is 1. The quantitative estimate of drug-likeness (QED) is 0.663. The summed E-state index contributed by atoms with van der Waals surface area (Å²) >= 11 is 0. The van der Waals surface area contributed by atoms with Gasteiger partial charge < -0.3 is 9.15 Å². The van der Waals surface area contributed by atoms with Crippen LogP contribution < -0.4 is 4.74 Å². The number of hydrogen-bond acceptors (Lipinski definition) is 3. The first-order valence-electron chi connectivity index (χ1n) is 7.01. The highest BCUT2D eigenvalue weighted by atomic mass is 16.5. The SMILES string of the molecule is CC1=C(c2ccccc2)c2cc3c(C)coc3nc2OC1. The highest BCUT2D eigenvalue weighted by Crippen LogP contribution is 2.38. The van der Waals surface area contributed by atoms with Crippen LogP contribution in [0.4, 0.5) is 0 Å². The third-order valence-corrected chi connectivity index (χ3v) is 3.91. The molecule has 0 N–H and O–H groups in total. The van der Waals surface area contributed by atoms with Gasteiger partial charge in [0.1, 0.15) is 6.61 Å². The molecule has 3 nitrogen and oxygen atoms in total. The molecule has 0 radical (unpaired) electrons. The minimum absolute atomic E-state index is 0.565. The van der Waals surface area contributed by atoms with Crippen molar-refractivity contribution in [3.63, 3.8) is 0 Å². The molecule has 3 aromatic rings. The van der Waals surface area contributed by atoms with Crippen LogP contribution in [0.1, 0.15) is 23.6 Å². The molecule has 21 heavy (non-hydrogen) atoms. The van der Waals surface area contributed by atoms with E-state index in [2.05, 4.69) is 42.2 Å². The molecule has 4 rings (SSSR count). The number of aryl methyl sites for hydroxylation is 1. The first-order chi connectivity index (χ1) is 10.2. The molecule has 0 saturated carbocycles. The Labute approximate surface area is 122 Å². The van der Waals surface area contributed by atoms with Gasteiger partial charge in [0.25, 0.3) is 0 Å². The number of furan rings is 1. The molecule has 3 heteroatoms. The van der Waals surface area contributed by atoms with Crippen molar-refractivity contribution in [2.75, 3.05) is 6.61 Å². The molecule has 0 spiro atoms. The van der Waals surface area contributed by atoms with E-state index in [1.165, 1.54) is 16.7 Å². The Hall–Kier alpha value is -2.55. The molecule has 0 fully saturated rings. The summed E-state index contributed by atoms with van der Waals surface area (Å²) in [7, 11) is 0. The maximum Gasteiger partial charge on any atom is 0.229 e. The molecular weight excluding hydrogens is 262 g/mol. The highest BCUT2D eigenvalue weighted by Gasteiger charge is 2.22. The minimum atomic E-state index is 0.565. The van der Waals surface area contributed by atoms with Gasteiger partial charge in [-0.3, -0.25) is 0 Å². The number of nitrogens with zero attached hydrogens (tertiary/aromatic N) is 1. The van der Waals surface area contributed by atoms with Gasteiger partial charge in [-0.25, -0.2) is 0 Å². The lowest BCUT2D eigenvalue weighted by Crippen LogP contribution is -2.11. The Kier molecular flexibility index (Phi) is 2.61. The lowest BCUT2D eigenvalue weighted by Gasteiger charge is -2.21. The number of ether oxygens (including phenoxy) is 1. The number of rotatable bonds is 1. The average Bonchev–Trinajstić information content (AvgIpc) is 2.87. The van der Waals surface area contributed by atoms with Gasteiger partial charge in [-0.2, -0.15) is 4.98 Å². The minimum Gasteiger partial charge on any atom is -0.473 e. The second kappa shape index (κ2) is 4.48. The molecule has 0 unspecified atom stereocenters. The van der Waals surface area contributed by atoms with Gasteiger partial charge in [-0.15, -0.1) is 0 Å². The van der Waals surface area contributed by atoms with Gasteiger partial charge in [-0.1, -0.05) is 30.3 Å². The van der Waals surface area contributed by atoms with Crippen molar-refractivity contribution in [1.82, 2.24) is 4.98 Å². The van der Waals surface area contributed by atoms with E-state index in [4.69, 9.17) is 9.15 Å². The van der Waals surface area contributed by atoms with Crippen LogP contribution in [0.5, 0.6) is 5.88 Å². The smallest absolute Gasteiger partial charge is 0.229 e. The van der Waals surface area contributed by atoms with Gasteiger partial charge >= 0.3 is 0 Å². The first kappa shape index (κ1) is 12.2. The van der Waals surface area contributed by atoms with Crippen LogP contribution in [0.2, 0.25) is 0 Å². The van der Waals surface area contributed by atoms with E-state index in [1.54, 1.807) is 6.26 Å². The van der Waals surface area contributed by atoms with Crippen LogP contribution in [0.15, 0.2) is 52.7 Å². The van der Waals surface area contributed by atoms with Crippen LogP contribution >= 0.6 is 0 Å². The Balaban J connectivity index is 2.01. The molecule has 1 aromatic carbocycles. The van der Waals surface area contributed by atoms with E-state index < -0.39 is 0 Å². The Morgan fingerprint density at radius 3 is 2.71 bits per heavy atom. The van der Waals surface area contributed by atoms with Gasteiger partial charge in [0.2, 0.25) is 11.6 Å². The summed E-state index contributed by atoms with van der Waals surface area (Å²) in [6, 6.07) is 12.5. The van der Waals surface area contributed by atoms with Gasteiger partial charge in [0.15, 0.2) is 0 Å². The van der Waals surface area contributed by atoms with Crippen molar-refractivity contribution in [3.8, 4) is 5.88 Å². The predicted octanol–water partition coefficient (Wildman–Crippen LogP) is 4.35. The van der Waals surface area contributed by atoms with Crippen LogP contribution in [-0.4, -0.2) is 11.6 Å². The maximum atomic E-state index is 5.78. The number of aromatic nitrogens is 1. The zero-order chi connectivity index (χ0) is 14.4. The molecular formula is C18H15NO2. The first-order valence-corrected chi connectivity index (χ1v) is 7.01. The molecule has 0 saturated heterocycles. The predicted molar refractivity (Wildman–Crippen MR) is 82.4 cm³/mol. The van der Waals surface area contributed by atoms with Crippen LogP contribution in [0.25, 0.3) is 16.7 Å². The van der Waals surface area contributed by atoms with E-state index >= 15 is 0 Å². The third-order valence-electron chi connectivity index (χ3n) is 3.91. The number of benzene rings is 1. The van der Waals surface area contributed by atoms with E-state index in [0.717, 1.165) is 16.5 Å². The topological polar surface area (TPSA) is 35.3 Å². The van der Waals surface area contributed by atoms with E-state index in [9.17, 15) is 0 Å². The molecule has 2 aromatic heterocycles. The normalized spacial score (nSPS) is 14.2. The summed E-state index contributed by atoms with van der Waals surface area (Å²) in [6.45, 7) is 4.70. The van der Waals surface area contributed by atoms with Gasteiger partial charge in [-0.05, 0) is 42.2 Å². The molecule has 0 amide bonds. The number of fused-ring (bicyclic) bond motifs is 2. The Bertz CT molecular complexity index is 860. The largest absolute Gasteiger partial charge is 0.473 e. The lowest BCUT2D eigenvalue weighted by atomic mass is 9.92. The van der Waals surface area contributed by atoms with Gasteiger partial charge in [0, 0.05) is 10.9 Å². The fourth-order valence-corrected chi connectivity index (χ4v) is 2.84. The zero-order valence-corrected chi connectivity index (χ0v) is 12.0. The van der Waals surface area contributed by atoms with Gasteiger partial charge in [0.05, 0.1) is 6.26 Å². The fourth-order valence-electron chi connectivity index (χ4n) is 2.84. The maximum absolute atomic E-state index is 5.78. The Morgan fingerprint density at radius 2 is 1.90 bits per heavy atom. The van der Waals surface area contributed by atoms with Crippen molar-refractivity contribution in [3.05, 3.63) is 64.9 Å². The highest BCUT2D eigenvalue weighted by molar-refractivity contribution is 5.90. The van der Waals surface area contributed by atoms with Crippen molar-refractivity contribution >= 4 is 16.7 Å². The molecule has 0 bridgehead atoms. The standard InChI is InChI=1S/C18H15NO2/c1-11-9-20-17-14(11)8-15-16(13-6-4-3-5-7-13)12(2)10-21-18(15)19-17/h3-9H,10H2,1-2H3. The molecule has 1 aliphatic heterocycles. The summed E-state index contributed by atoms with van der Waals surface area (Å²) in [5.74, 6) is 0.654. The summed E-state index contributed by atoms with van der Waals surface area (Å²) < 4.78 is 11.3. The molecule has 0 aliphatic carbocycles. The second-order valence-corrected chi connectivity index (χ2v) is 5.42. The van der Waals surface area contributed by atoms with E-state index in [1.807, 2.05) is 13.0 Å². The molecule has 104 valence electrons. The molecule has 3 heterocycles. The molecule has 0 atom stereocenters. The van der Waals surface area contributed by atoms with Crippen molar-refractivity contribution in [1.29, 1.82) is 0 Å². The molecule has 1 aliphatic rings. The zero-order valence-electron chi connectivity index (χ0n) is 12.0. The van der Waals surface area contributed by atoms with E-state index in [-0.39, 0.29) is 0 Å². The monoisotopic (exact) mass is 277 g/mol. The van der Waals surface area contributed by atoms with Crippen molar-refractivity contribution < 1.29 is 9.15 Å². The van der Waals surface area contributed by atoms with Crippen LogP contribution in [0.3, 0.4) is 0 Å². The van der Waals surface area contributed by atoms with E-state index in [0.29, 0.717) is 18.2 Å². The fraction of sp³-hybridized carbons (Fsp3) is 0.167. The van der Waals surface area contributed by atoms with Crippen molar-refractivity contribution in [2.45, 2.75) is 13.8 Å². The average molecular weight is 277 g/mol. The second-order valence-electron chi connectivity index (χ2n) is 5.42. The van der Waals surface area contributed by atoms with Crippen LogP contribution in [-0.2, 0) is 0 Å². The summed E-state index contributed by atoms with van der Waals surface area (Å²) in [5, 5.41) is 1.04. The van der Waals surface area contributed by atoms with Crippen molar-refractivity contribution in [2.24, 2.45) is 0 Å². The Morgan fingerprint density at radius 1 is 1.10 bits per heavy atom. The summed E-state index contributed by atoms with van der Waals surface area (Å²) in [4.78, 5) is 4.52. The number of hydrogen-bond donors (Lipinski definition) is 0. The van der Waals surface area contributed by atoms with Crippen LogP contribution in [0, 0.1) is 6.92 Å². The summed E-state index contributed by atoms with van der Waals surface area (Å²) in [5.41, 5.74) is 6.40.